The van der Waals surface area contributed by atoms with Gasteiger partial charge in [0.1, 0.15) is 0 Å². The molecule has 0 saturated heterocycles. The Morgan fingerprint density at radius 1 is 1.11 bits per heavy atom. The molecular weight excluding hydrogens is 514 g/mol. The van der Waals surface area contributed by atoms with E-state index in [-0.39, 0.29) is 19.1 Å². The maximum atomic E-state index is 12.5. The highest BCUT2D eigenvalue weighted by Crippen LogP contribution is 2.37. The molecule has 0 unspecified atom stereocenters. The standard InChI is InChI=1S/C26H20BrN3O5/c27-19-12-24-23(34-15-35-24)10-17(19)6-9-25(31)29-18-7-8-21-20(11-18)28-14-30(21)22(13-26(32)33)16-4-2-1-3-5-16/h1-12,14,22H,13,15H2,(H,29,31)(H,32,33)/b9-6+/t22-/m0/s1. The number of aliphatic carboxylic acids is 1. The van der Waals surface area contributed by atoms with Crippen molar-refractivity contribution in [1.29, 1.82) is 0 Å². The Labute approximate surface area is 208 Å². The molecule has 3 aromatic carbocycles. The Kier molecular flexibility index (Phi) is 6.24. The number of anilines is 1. The van der Waals surface area contributed by atoms with E-state index in [4.69, 9.17) is 9.47 Å². The molecule has 0 saturated carbocycles. The van der Waals surface area contributed by atoms with Gasteiger partial charge in [0.2, 0.25) is 12.7 Å². The van der Waals surface area contributed by atoms with Gasteiger partial charge in [0.25, 0.3) is 0 Å². The van der Waals surface area contributed by atoms with Crippen molar-refractivity contribution >= 4 is 50.6 Å². The lowest BCUT2D eigenvalue weighted by Gasteiger charge is -2.18. The summed E-state index contributed by atoms with van der Waals surface area (Å²) < 4.78 is 13.4. The second-order valence-electron chi connectivity index (χ2n) is 7.93. The van der Waals surface area contributed by atoms with Gasteiger partial charge in [-0.15, -0.1) is 0 Å². The number of aromatic nitrogens is 2. The Bertz CT molecular complexity index is 1450. The van der Waals surface area contributed by atoms with E-state index in [1.807, 2.05) is 41.0 Å². The smallest absolute Gasteiger partial charge is 0.305 e. The van der Waals surface area contributed by atoms with Crippen LogP contribution in [0.1, 0.15) is 23.6 Å². The summed E-state index contributed by atoms with van der Waals surface area (Å²) in [5.74, 6) is 0.0851. The molecule has 1 aliphatic rings. The van der Waals surface area contributed by atoms with Crippen LogP contribution in [0.3, 0.4) is 0 Å². The summed E-state index contributed by atoms with van der Waals surface area (Å²) in [6, 6.07) is 18.0. The van der Waals surface area contributed by atoms with Gasteiger partial charge in [0.05, 0.1) is 29.8 Å². The highest BCUT2D eigenvalue weighted by atomic mass is 79.9. The summed E-state index contributed by atoms with van der Waals surface area (Å²) in [5.41, 5.74) is 3.67. The molecule has 1 aliphatic heterocycles. The van der Waals surface area contributed by atoms with Gasteiger partial charge in [-0.25, -0.2) is 4.98 Å². The molecule has 176 valence electrons. The first-order valence-corrected chi connectivity index (χ1v) is 11.6. The molecule has 1 amide bonds. The zero-order chi connectivity index (χ0) is 24.4. The number of carboxylic acid groups (broad SMARTS) is 1. The lowest BCUT2D eigenvalue weighted by atomic mass is 10.0. The van der Waals surface area contributed by atoms with Crippen LogP contribution in [0, 0.1) is 0 Å². The fourth-order valence-corrected chi connectivity index (χ4v) is 4.44. The Morgan fingerprint density at radius 3 is 2.66 bits per heavy atom. The number of hydrogen-bond acceptors (Lipinski definition) is 5. The lowest BCUT2D eigenvalue weighted by molar-refractivity contribution is -0.137. The van der Waals surface area contributed by atoms with Crippen LogP contribution in [0.2, 0.25) is 0 Å². The minimum atomic E-state index is -0.898. The largest absolute Gasteiger partial charge is 0.481 e. The van der Waals surface area contributed by atoms with Gasteiger partial charge in [-0.1, -0.05) is 46.3 Å². The normalized spacial score (nSPS) is 13.3. The SMILES string of the molecule is O=C(O)C[C@@H](c1ccccc1)n1cnc2cc(NC(=O)/C=C/c3cc4c(cc3Br)OCO4)ccc21. The zero-order valence-electron chi connectivity index (χ0n) is 18.3. The highest BCUT2D eigenvalue weighted by Gasteiger charge is 2.20. The van der Waals surface area contributed by atoms with Crippen molar-refractivity contribution in [3.8, 4) is 11.5 Å². The van der Waals surface area contributed by atoms with Gasteiger partial charge in [-0.3, -0.25) is 9.59 Å². The summed E-state index contributed by atoms with van der Waals surface area (Å²) in [7, 11) is 0. The Hall–Kier alpha value is -4.11. The summed E-state index contributed by atoms with van der Waals surface area (Å²) in [4.78, 5) is 28.5. The monoisotopic (exact) mass is 533 g/mol. The summed E-state index contributed by atoms with van der Waals surface area (Å²) in [6.45, 7) is 0.177. The number of carbonyl (C=O) groups excluding carboxylic acids is 1. The molecule has 0 fully saturated rings. The average Bonchev–Trinajstić information content (AvgIpc) is 3.47. The molecule has 9 heteroatoms. The summed E-state index contributed by atoms with van der Waals surface area (Å²) in [5, 5.41) is 12.3. The van der Waals surface area contributed by atoms with Crippen molar-refractivity contribution in [2.24, 2.45) is 0 Å². The molecule has 4 aromatic rings. The third-order valence-corrected chi connectivity index (χ3v) is 6.32. The first kappa shape index (κ1) is 22.7. The van der Waals surface area contributed by atoms with Crippen molar-refractivity contribution < 1.29 is 24.2 Å². The summed E-state index contributed by atoms with van der Waals surface area (Å²) in [6.07, 6.45) is 4.68. The zero-order valence-corrected chi connectivity index (χ0v) is 19.9. The maximum Gasteiger partial charge on any atom is 0.305 e. The number of imidazole rings is 1. The van der Waals surface area contributed by atoms with E-state index in [0.717, 1.165) is 21.1 Å². The van der Waals surface area contributed by atoms with Crippen LogP contribution in [0.4, 0.5) is 5.69 Å². The van der Waals surface area contributed by atoms with Crippen molar-refractivity contribution in [2.75, 3.05) is 12.1 Å². The molecule has 0 radical (unpaired) electrons. The number of benzene rings is 3. The molecule has 1 atom stereocenters. The molecule has 2 heterocycles. The minimum Gasteiger partial charge on any atom is -0.481 e. The lowest BCUT2D eigenvalue weighted by Crippen LogP contribution is -2.14. The average molecular weight is 534 g/mol. The number of nitrogens with one attached hydrogen (secondary N) is 1. The third-order valence-electron chi connectivity index (χ3n) is 5.64. The first-order chi connectivity index (χ1) is 17.0. The number of hydrogen-bond donors (Lipinski definition) is 2. The maximum absolute atomic E-state index is 12.5. The quantitative estimate of drug-likeness (QED) is 0.315. The third kappa shape index (κ3) is 4.90. The fraction of sp³-hybridized carbons (Fsp3) is 0.115. The molecule has 1 aromatic heterocycles. The molecule has 2 N–H and O–H groups in total. The van der Waals surface area contributed by atoms with Gasteiger partial charge in [-0.05, 0) is 47.5 Å². The molecule has 8 nitrogen and oxygen atoms in total. The van der Waals surface area contributed by atoms with Crippen LogP contribution in [-0.2, 0) is 9.59 Å². The number of amides is 1. The number of halogens is 1. The predicted octanol–water partition coefficient (Wildman–Crippen LogP) is 5.24. The number of carboxylic acids is 1. The predicted molar refractivity (Wildman–Crippen MR) is 134 cm³/mol. The van der Waals surface area contributed by atoms with Gasteiger partial charge in [0, 0.05) is 16.2 Å². The van der Waals surface area contributed by atoms with E-state index in [1.165, 1.54) is 6.08 Å². The summed E-state index contributed by atoms with van der Waals surface area (Å²) >= 11 is 3.47. The number of fused-ring (bicyclic) bond motifs is 2. The molecular formula is C26H20BrN3O5. The van der Waals surface area contributed by atoms with Crippen molar-refractivity contribution in [3.63, 3.8) is 0 Å². The second-order valence-corrected chi connectivity index (χ2v) is 8.78. The first-order valence-electron chi connectivity index (χ1n) is 10.8. The number of nitrogens with zero attached hydrogens (tertiary/aromatic N) is 2. The molecule has 0 bridgehead atoms. The topological polar surface area (TPSA) is 103 Å². The van der Waals surface area contributed by atoms with Crippen LogP contribution in [0.15, 0.2) is 77.5 Å². The van der Waals surface area contributed by atoms with E-state index in [1.54, 1.807) is 36.7 Å². The van der Waals surface area contributed by atoms with Crippen LogP contribution in [0.25, 0.3) is 17.1 Å². The van der Waals surface area contributed by atoms with Gasteiger partial charge < -0.3 is 24.5 Å². The fourth-order valence-electron chi connectivity index (χ4n) is 3.99. The molecule has 5 rings (SSSR count). The van der Waals surface area contributed by atoms with Crippen LogP contribution in [0.5, 0.6) is 11.5 Å². The van der Waals surface area contributed by atoms with Crippen LogP contribution >= 0.6 is 15.9 Å². The van der Waals surface area contributed by atoms with Gasteiger partial charge >= 0.3 is 5.97 Å². The Balaban J connectivity index is 1.35. The molecule has 0 spiro atoms. The van der Waals surface area contributed by atoms with Crippen LogP contribution in [-0.4, -0.2) is 33.3 Å². The van der Waals surface area contributed by atoms with Crippen molar-refractivity contribution in [1.82, 2.24) is 9.55 Å². The Morgan fingerprint density at radius 2 is 1.89 bits per heavy atom. The van der Waals surface area contributed by atoms with Gasteiger partial charge in [0.15, 0.2) is 11.5 Å². The number of ether oxygens (including phenoxy) is 2. The van der Waals surface area contributed by atoms with E-state index < -0.39 is 12.0 Å². The molecule has 0 aliphatic carbocycles. The van der Waals surface area contributed by atoms with E-state index in [2.05, 4.69) is 26.2 Å². The van der Waals surface area contributed by atoms with E-state index in [0.29, 0.717) is 22.7 Å². The van der Waals surface area contributed by atoms with Gasteiger partial charge in [-0.2, -0.15) is 0 Å². The number of rotatable bonds is 7. The van der Waals surface area contributed by atoms with E-state index >= 15 is 0 Å². The highest BCUT2D eigenvalue weighted by molar-refractivity contribution is 9.10. The van der Waals surface area contributed by atoms with Crippen molar-refractivity contribution in [2.45, 2.75) is 12.5 Å². The number of carbonyl (C=O) groups is 2. The van der Waals surface area contributed by atoms with Crippen molar-refractivity contribution in [3.05, 3.63) is 88.7 Å². The van der Waals surface area contributed by atoms with Crippen LogP contribution < -0.4 is 14.8 Å². The molecule has 35 heavy (non-hydrogen) atoms. The second kappa shape index (κ2) is 9.63. The minimum absolute atomic E-state index is 0.0752. The van der Waals surface area contributed by atoms with E-state index in [9.17, 15) is 14.7 Å².